The number of hydrogen-bond acceptors (Lipinski definition) is 2. The number of nitro groups is 1. The molecule has 0 aromatic heterocycles. The van der Waals surface area contributed by atoms with Crippen LogP contribution < -0.4 is 0 Å². The zero-order chi connectivity index (χ0) is 44.2. The molecule has 0 N–H and O–H groups in total. The lowest BCUT2D eigenvalue weighted by molar-refractivity contribution is -0.384. The van der Waals surface area contributed by atoms with Gasteiger partial charge in [-0.3, -0.25) is 10.1 Å². The summed E-state index contributed by atoms with van der Waals surface area (Å²) >= 11 is 0. The van der Waals surface area contributed by atoms with Crippen molar-refractivity contribution in [2.24, 2.45) is 0 Å². The minimum Gasteiger partial charge on any atom is -0.258 e. The van der Waals surface area contributed by atoms with E-state index in [2.05, 4.69) is 249 Å². The molecule has 0 radical (unpaired) electrons. The highest BCUT2D eigenvalue weighted by molar-refractivity contribution is 5.93. The Morgan fingerprint density at radius 1 is 0.323 bits per heavy atom. The molecule has 310 valence electrons. The maximum Gasteiger partial charge on any atom is 0.269 e. The molecule has 0 fully saturated rings. The summed E-state index contributed by atoms with van der Waals surface area (Å²) in [5, 5.41) is 11.2. The smallest absolute Gasteiger partial charge is 0.258 e. The first-order valence-corrected chi connectivity index (χ1v) is 21.7. The van der Waals surface area contributed by atoms with E-state index in [1.54, 1.807) is 24.3 Å². The maximum absolute atomic E-state index is 11.2. The fourth-order valence-corrected chi connectivity index (χ4v) is 7.93. The zero-order valence-corrected chi connectivity index (χ0v) is 35.7. The van der Waals surface area contributed by atoms with Crippen molar-refractivity contribution in [3.05, 3.63) is 302 Å². The lowest BCUT2D eigenvalue weighted by atomic mass is 9.95. The van der Waals surface area contributed by atoms with E-state index < -0.39 is 0 Å². The lowest BCUT2D eigenvalue weighted by Crippen LogP contribution is -1.88. The second-order valence-corrected chi connectivity index (χ2v) is 15.8. The van der Waals surface area contributed by atoms with Crippen molar-refractivity contribution in [3.8, 4) is 22.3 Å². The van der Waals surface area contributed by atoms with Gasteiger partial charge in [0.1, 0.15) is 0 Å². The van der Waals surface area contributed by atoms with Crippen molar-refractivity contribution < 1.29 is 4.92 Å². The molecule has 0 saturated carbocycles. The van der Waals surface area contributed by atoms with Crippen LogP contribution in [-0.4, -0.2) is 4.92 Å². The van der Waals surface area contributed by atoms with Crippen molar-refractivity contribution >= 4 is 53.3 Å². The predicted octanol–water partition coefficient (Wildman–Crippen LogP) is 16.4. The highest BCUT2D eigenvalue weighted by atomic mass is 16.6. The van der Waals surface area contributed by atoms with E-state index in [0.29, 0.717) is 0 Å². The first-order valence-electron chi connectivity index (χ1n) is 21.7. The third-order valence-corrected chi connectivity index (χ3v) is 11.5. The van der Waals surface area contributed by atoms with Crippen LogP contribution in [-0.2, 0) is 0 Å². The summed E-state index contributed by atoms with van der Waals surface area (Å²) in [4.78, 5) is 10.8. The number of nitro benzene ring substituents is 1. The molecular weight excluding hydrogens is 791 g/mol. The molecule has 0 atom stereocenters. The Bertz CT molecular complexity index is 3050. The third kappa shape index (κ3) is 10.5. The monoisotopic (exact) mass is 835 g/mol. The number of benzene rings is 9. The van der Waals surface area contributed by atoms with Gasteiger partial charge in [0.05, 0.1) is 4.92 Å². The average Bonchev–Trinajstić information content (AvgIpc) is 3.38. The van der Waals surface area contributed by atoms with E-state index >= 15 is 0 Å². The molecule has 9 aromatic rings. The Morgan fingerprint density at radius 2 is 0.646 bits per heavy atom. The van der Waals surface area contributed by atoms with Crippen LogP contribution in [0.1, 0.15) is 55.6 Å². The fraction of sp³-hybridized carbons (Fsp3) is 0. The fourth-order valence-electron chi connectivity index (χ4n) is 7.93. The number of rotatable bonds is 13. The summed E-state index contributed by atoms with van der Waals surface area (Å²) in [6, 6.07) is 81.1. The summed E-state index contributed by atoms with van der Waals surface area (Å²) in [5.41, 5.74) is 17.9. The van der Waals surface area contributed by atoms with Crippen LogP contribution in [0.3, 0.4) is 0 Å². The van der Waals surface area contributed by atoms with Gasteiger partial charge in [-0.15, -0.1) is 0 Å². The predicted molar refractivity (Wildman–Crippen MR) is 274 cm³/mol. The van der Waals surface area contributed by atoms with Crippen LogP contribution in [0.2, 0.25) is 0 Å². The largest absolute Gasteiger partial charge is 0.269 e. The van der Waals surface area contributed by atoms with Crippen molar-refractivity contribution in [2.75, 3.05) is 0 Å². The van der Waals surface area contributed by atoms with E-state index in [4.69, 9.17) is 0 Å². The van der Waals surface area contributed by atoms with Gasteiger partial charge < -0.3 is 0 Å². The van der Waals surface area contributed by atoms with Gasteiger partial charge in [-0.1, -0.05) is 231 Å². The average molecular weight is 836 g/mol. The summed E-state index contributed by atoms with van der Waals surface area (Å²) in [6.45, 7) is 0. The van der Waals surface area contributed by atoms with Crippen LogP contribution in [0, 0.1) is 10.1 Å². The molecule has 3 nitrogen and oxygen atoms in total. The molecule has 0 spiro atoms. The van der Waals surface area contributed by atoms with E-state index in [1.165, 1.54) is 33.4 Å². The minimum atomic E-state index is -0.373. The molecule has 65 heavy (non-hydrogen) atoms. The molecule has 3 heteroatoms. The van der Waals surface area contributed by atoms with Gasteiger partial charge in [-0.25, -0.2) is 0 Å². The summed E-state index contributed by atoms with van der Waals surface area (Å²) < 4.78 is 0. The molecule has 0 aliphatic rings. The SMILES string of the molecule is O=[N+]([O-])c1ccc(-c2ccc(-c3ccc(C=Cc4ccc(C=C(c5ccccc5)c5ccccc5)cc4)c(C=Cc4ccc(C=C(c5ccccc5)c5ccccc5)cc4)c3)cc2)cc1. The second-order valence-electron chi connectivity index (χ2n) is 15.8. The van der Waals surface area contributed by atoms with Crippen LogP contribution in [0.4, 0.5) is 5.69 Å². The molecule has 0 bridgehead atoms. The minimum absolute atomic E-state index is 0.0820. The van der Waals surface area contributed by atoms with Gasteiger partial charge in [-0.05, 0) is 119 Å². The standard InChI is InChI=1S/C62H45NO2/c64-63(65)60-41-39-51(40-42-60)50-33-35-53(36-34-50)59-38-37-52(31-29-46-21-25-48(26-22-46)43-61(54-13-5-1-6-14-54)55-15-7-2-8-16-55)58(45-59)32-30-47-23-27-49(28-24-47)44-62(56-17-9-3-10-18-56)57-19-11-4-12-20-57/h1-45H. The third-order valence-electron chi connectivity index (χ3n) is 11.5. The zero-order valence-electron chi connectivity index (χ0n) is 35.7. The second kappa shape index (κ2) is 20.0. The Hall–Kier alpha value is -8.66. The van der Waals surface area contributed by atoms with Gasteiger partial charge in [0.15, 0.2) is 0 Å². The molecule has 0 heterocycles. The van der Waals surface area contributed by atoms with Crippen molar-refractivity contribution in [2.45, 2.75) is 0 Å². The first-order chi connectivity index (χ1) is 32.0. The molecular formula is C62H45NO2. The van der Waals surface area contributed by atoms with Crippen LogP contribution in [0.5, 0.6) is 0 Å². The van der Waals surface area contributed by atoms with E-state index in [1.807, 2.05) is 0 Å². The first kappa shape index (κ1) is 41.7. The molecule has 0 aliphatic carbocycles. The molecule has 0 saturated heterocycles. The highest BCUT2D eigenvalue weighted by Crippen LogP contribution is 2.31. The van der Waals surface area contributed by atoms with Crippen molar-refractivity contribution in [1.82, 2.24) is 0 Å². The number of non-ortho nitro benzene ring substituents is 1. The number of nitrogens with zero attached hydrogens (tertiary/aromatic N) is 1. The van der Waals surface area contributed by atoms with Crippen molar-refractivity contribution in [1.29, 1.82) is 0 Å². The molecule has 0 aliphatic heterocycles. The van der Waals surface area contributed by atoms with Gasteiger partial charge in [0.2, 0.25) is 0 Å². The van der Waals surface area contributed by atoms with Crippen LogP contribution in [0.25, 0.3) is 69.9 Å². The maximum atomic E-state index is 11.2. The summed E-state index contributed by atoms with van der Waals surface area (Å²) in [6.07, 6.45) is 13.2. The van der Waals surface area contributed by atoms with E-state index in [9.17, 15) is 10.1 Å². The van der Waals surface area contributed by atoms with Gasteiger partial charge in [0.25, 0.3) is 5.69 Å². The van der Waals surface area contributed by atoms with E-state index in [-0.39, 0.29) is 10.6 Å². The molecule has 0 amide bonds. The van der Waals surface area contributed by atoms with Gasteiger partial charge >= 0.3 is 0 Å². The number of hydrogen-bond donors (Lipinski definition) is 0. The molecule has 0 unspecified atom stereocenters. The Balaban J connectivity index is 1.01. The highest BCUT2D eigenvalue weighted by Gasteiger charge is 2.09. The van der Waals surface area contributed by atoms with Crippen LogP contribution in [0.15, 0.2) is 237 Å². The van der Waals surface area contributed by atoms with E-state index in [0.717, 1.165) is 55.6 Å². The quantitative estimate of drug-likeness (QED) is 0.0660. The Kier molecular flexibility index (Phi) is 12.8. The van der Waals surface area contributed by atoms with Gasteiger partial charge in [0, 0.05) is 12.1 Å². The Morgan fingerprint density at radius 3 is 1.03 bits per heavy atom. The molecule has 9 rings (SSSR count). The summed E-state index contributed by atoms with van der Waals surface area (Å²) in [7, 11) is 0. The lowest BCUT2D eigenvalue weighted by Gasteiger charge is -2.10. The van der Waals surface area contributed by atoms with Gasteiger partial charge in [-0.2, -0.15) is 0 Å². The topological polar surface area (TPSA) is 43.1 Å². The van der Waals surface area contributed by atoms with Crippen LogP contribution >= 0.6 is 0 Å². The Labute approximate surface area is 381 Å². The molecule has 9 aromatic carbocycles. The summed E-state index contributed by atoms with van der Waals surface area (Å²) in [5.74, 6) is 0. The van der Waals surface area contributed by atoms with Crippen molar-refractivity contribution in [3.63, 3.8) is 0 Å². The normalized spacial score (nSPS) is 11.1.